The molecule has 1 aliphatic carbocycles. The van der Waals surface area contributed by atoms with Crippen LogP contribution in [0.5, 0.6) is 0 Å². The second-order valence-electron chi connectivity index (χ2n) is 17.8. The van der Waals surface area contributed by atoms with Crippen molar-refractivity contribution in [2.24, 2.45) is 5.92 Å². The second-order valence-corrected chi connectivity index (χ2v) is 17.8. The van der Waals surface area contributed by atoms with Crippen molar-refractivity contribution in [1.82, 2.24) is 35.3 Å². The Morgan fingerprint density at radius 2 is 1.70 bits per heavy atom. The normalized spacial score (nSPS) is 15.9. The van der Waals surface area contributed by atoms with Crippen molar-refractivity contribution in [3.05, 3.63) is 101 Å². The molecule has 1 saturated heterocycles. The lowest BCUT2D eigenvalue weighted by Gasteiger charge is -2.27. The second kappa shape index (κ2) is 21.5. The molecule has 5 heterocycles. The van der Waals surface area contributed by atoms with Crippen LogP contribution in [0.2, 0.25) is 0 Å². The molecule has 0 radical (unpaired) electrons. The molecule has 0 bridgehead atoms. The Bertz CT molecular complexity index is 2750. The number of anilines is 3. The number of imide groups is 2. The van der Waals surface area contributed by atoms with Gasteiger partial charge in [-0.2, -0.15) is 5.10 Å². The molecular weight excluding hydrogens is 915 g/mol. The number of fused-ring (bicyclic) bond motifs is 1. The van der Waals surface area contributed by atoms with E-state index in [2.05, 4.69) is 36.3 Å². The fourth-order valence-electron chi connectivity index (χ4n) is 7.70. The highest BCUT2D eigenvalue weighted by Crippen LogP contribution is 2.34. The van der Waals surface area contributed by atoms with Gasteiger partial charge in [0.15, 0.2) is 11.4 Å². The van der Waals surface area contributed by atoms with Crippen LogP contribution in [0.4, 0.5) is 30.8 Å². The fraction of sp³-hybridized carbons (Fsp3) is 0.396. The summed E-state index contributed by atoms with van der Waals surface area (Å²) in [5.74, 6) is -2.35. The number of nitrogens with one attached hydrogen (secondary N) is 4. The highest BCUT2D eigenvalue weighted by atomic mass is 19.3. The molecule has 3 aromatic heterocycles. The zero-order valence-electron chi connectivity index (χ0n) is 38.7. The van der Waals surface area contributed by atoms with Gasteiger partial charge in [0.05, 0.1) is 55.1 Å². The monoisotopic (exact) mass is 966 g/mol. The van der Waals surface area contributed by atoms with Gasteiger partial charge >= 0.3 is 6.09 Å². The van der Waals surface area contributed by atoms with Gasteiger partial charge < -0.3 is 34.6 Å². The first-order valence-electron chi connectivity index (χ1n) is 22.8. The number of hydrogen-bond acceptors (Lipinski definition) is 15. The van der Waals surface area contributed by atoms with Gasteiger partial charge in [-0.3, -0.25) is 39.1 Å². The van der Waals surface area contributed by atoms with Crippen molar-refractivity contribution in [3.8, 4) is 17.1 Å². The van der Waals surface area contributed by atoms with Gasteiger partial charge in [-0.1, -0.05) is 18.2 Å². The predicted molar refractivity (Wildman–Crippen MR) is 247 cm³/mol. The number of amides is 6. The van der Waals surface area contributed by atoms with Gasteiger partial charge in [0.2, 0.25) is 17.7 Å². The maximum Gasteiger partial charge on any atom is 0.416 e. The molecule has 5 aromatic rings. The van der Waals surface area contributed by atoms with Crippen LogP contribution in [0.25, 0.3) is 17.1 Å². The predicted octanol–water partition coefficient (Wildman–Crippen LogP) is 5.90. The summed E-state index contributed by atoms with van der Waals surface area (Å²) >= 11 is 0. The summed E-state index contributed by atoms with van der Waals surface area (Å²) in [4.78, 5) is 87.7. The zero-order valence-corrected chi connectivity index (χ0v) is 38.7. The number of halogens is 2. The van der Waals surface area contributed by atoms with Gasteiger partial charge in [0.1, 0.15) is 23.7 Å². The summed E-state index contributed by atoms with van der Waals surface area (Å²) in [7, 11) is 0. The maximum atomic E-state index is 14.2. The molecule has 6 amide bonds. The number of alkyl halides is 2. The summed E-state index contributed by atoms with van der Waals surface area (Å²) in [6.07, 6.45) is 2.46. The Kier molecular flexibility index (Phi) is 15.0. The first-order chi connectivity index (χ1) is 33.6. The number of ether oxygens (including phenoxy) is 3. The number of benzene rings is 2. The van der Waals surface area contributed by atoms with Crippen LogP contribution < -0.4 is 26.2 Å². The number of carbonyl (C=O) groups excluding carboxylic acids is 6. The first kappa shape index (κ1) is 49.0. The maximum absolute atomic E-state index is 14.2. The van der Waals surface area contributed by atoms with Gasteiger partial charge in [0, 0.05) is 50.0 Å². The van der Waals surface area contributed by atoms with Crippen LogP contribution in [0.3, 0.4) is 0 Å². The Morgan fingerprint density at radius 1 is 0.943 bits per heavy atom. The van der Waals surface area contributed by atoms with Crippen molar-refractivity contribution in [3.63, 3.8) is 0 Å². The lowest BCUT2D eigenvalue weighted by molar-refractivity contribution is -0.136. The molecule has 1 saturated carbocycles. The molecule has 368 valence electrons. The summed E-state index contributed by atoms with van der Waals surface area (Å²) in [5.41, 5.74) is 0.922. The highest BCUT2D eigenvalue weighted by molar-refractivity contribution is 6.25. The van der Waals surface area contributed by atoms with Crippen LogP contribution in [0.1, 0.15) is 95.3 Å². The van der Waals surface area contributed by atoms with Crippen LogP contribution in [-0.4, -0.2) is 118 Å². The largest absolute Gasteiger partial charge is 0.444 e. The molecule has 20 nitrogen and oxygen atoms in total. The van der Waals surface area contributed by atoms with Crippen molar-refractivity contribution in [2.45, 2.75) is 71.1 Å². The van der Waals surface area contributed by atoms with E-state index in [0.717, 1.165) is 29.6 Å². The number of pyridine rings is 1. The smallest absolute Gasteiger partial charge is 0.416 e. The molecule has 22 heteroatoms. The average molecular weight is 967 g/mol. The number of nitrogens with zero attached hydrogens (tertiary/aromatic N) is 6. The molecule has 70 heavy (non-hydrogen) atoms. The lowest BCUT2D eigenvalue weighted by atomic mass is 10.0. The molecule has 2 fully saturated rings. The minimum absolute atomic E-state index is 0.0378. The van der Waals surface area contributed by atoms with E-state index in [-0.39, 0.29) is 47.8 Å². The summed E-state index contributed by atoms with van der Waals surface area (Å²) in [6.45, 7) is 8.49. The Labute approximate surface area is 400 Å². The van der Waals surface area contributed by atoms with Crippen LogP contribution in [-0.2, 0) is 30.3 Å². The quantitative estimate of drug-likeness (QED) is 0.0495. The number of aromatic nitrogens is 4. The number of carbonyl (C=O) groups is 6. The number of rotatable bonds is 21. The van der Waals surface area contributed by atoms with E-state index in [9.17, 15) is 37.5 Å². The molecule has 8 rings (SSSR count). The van der Waals surface area contributed by atoms with E-state index in [4.69, 9.17) is 18.6 Å². The third-order valence-corrected chi connectivity index (χ3v) is 11.3. The Balaban J connectivity index is 0.751. The molecular formula is C48H52F2N10O10. The summed E-state index contributed by atoms with van der Waals surface area (Å²) in [5, 5.41) is 15.1. The number of oxazole rings is 1. The Hall–Kier alpha value is -7.43. The minimum Gasteiger partial charge on any atom is -0.444 e. The van der Waals surface area contributed by atoms with E-state index in [1.165, 1.54) is 28.0 Å². The highest BCUT2D eigenvalue weighted by Gasteiger charge is 2.45. The molecule has 4 N–H and O–H groups in total. The van der Waals surface area contributed by atoms with E-state index in [0.29, 0.717) is 74.7 Å². The molecule has 2 aliphatic heterocycles. The van der Waals surface area contributed by atoms with Crippen molar-refractivity contribution < 1.29 is 56.2 Å². The zero-order chi connectivity index (χ0) is 49.5. The molecule has 1 unspecified atom stereocenters. The van der Waals surface area contributed by atoms with E-state index < -0.39 is 59.4 Å². The third-order valence-electron chi connectivity index (χ3n) is 11.3. The van der Waals surface area contributed by atoms with E-state index in [1.54, 1.807) is 57.2 Å². The standard InChI is InChI=1S/C48H52F2N10O10/c1-48(2,3)70-47(66)58(25-29-7-8-29)37-23-30(15-16-53-37)44-55-35(27-69-44)42(62)54-34-26-59(57-40(34)41(49)50)31-11-9-28(10-12-31)24-51-17-19-67-21-22-68-20-18-52-33-6-4-5-32-39(33)46(65)60(45(32)64)36-13-14-38(61)56-43(36)63/h4-6,9-12,15-16,23,26-27,29,36,41,51-52H,7-8,13-14,17-22,24-25H2,1-3H3,(H,54,62)(H,56,61,63). The van der Waals surface area contributed by atoms with Gasteiger partial charge in [-0.05, 0) is 87.9 Å². The molecule has 3 aliphatic rings. The topological polar surface area (TPSA) is 241 Å². The molecule has 2 aromatic carbocycles. The Morgan fingerprint density at radius 3 is 2.41 bits per heavy atom. The lowest BCUT2D eigenvalue weighted by Crippen LogP contribution is -2.54. The summed E-state index contributed by atoms with van der Waals surface area (Å²) in [6, 6.07) is 14.1. The molecule has 1 atom stereocenters. The average Bonchev–Trinajstić information content (AvgIpc) is 3.71. The van der Waals surface area contributed by atoms with Crippen LogP contribution in [0.15, 0.2) is 77.7 Å². The van der Waals surface area contributed by atoms with Crippen LogP contribution >= 0.6 is 0 Å². The third kappa shape index (κ3) is 11.9. The van der Waals surface area contributed by atoms with Crippen molar-refractivity contribution in [2.75, 3.05) is 61.6 Å². The summed E-state index contributed by atoms with van der Waals surface area (Å²) < 4.78 is 52.1. The fourth-order valence-corrected chi connectivity index (χ4v) is 7.70. The number of hydrogen-bond donors (Lipinski definition) is 4. The van der Waals surface area contributed by atoms with Crippen molar-refractivity contribution in [1.29, 1.82) is 0 Å². The van der Waals surface area contributed by atoms with E-state index >= 15 is 0 Å². The molecule has 0 spiro atoms. The van der Waals surface area contributed by atoms with Gasteiger partial charge in [-0.25, -0.2) is 28.2 Å². The number of piperidine rings is 1. The van der Waals surface area contributed by atoms with E-state index in [1.807, 2.05) is 12.1 Å². The SMILES string of the molecule is CC(C)(C)OC(=O)N(CC1CC1)c1cc(-c2nc(C(=O)Nc3cn(-c4ccc(CNCCOCCOCCNc5cccc6c5C(=O)N(C5CCC(=O)NC5=O)C6=O)cc4)nc3C(F)F)co2)ccn1. The van der Waals surface area contributed by atoms with Gasteiger partial charge in [-0.15, -0.1) is 0 Å². The van der Waals surface area contributed by atoms with Crippen molar-refractivity contribution >= 4 is 52.8 Å². The van der Waals surface area contributed by atoms with Crippen LogP contribution in [0, 0.1) is 5.92 Å². The first-order valence-corrected chi connectivity index (χ1v) is 22.8. The minimum atomic E-state index is -3.00. The van der Waals surface area contributed by atoms with Gasteiger partial charge in [0.25, 0.3) is 24.1 Å².